The zero-order chi connectivity index (χ0) is 14.5. The topological polar surface area (TPSA) is 67.7 Å². The van der Waals surface area contributed by atoms with E-state index in [2.05, 4.69) is 39.5 Å². The number of hydrogen-bond donors (Lipinski definition) is 2. The zero-order valence-corrected chi connectivity index (χ0v) is 12.5. The molecule has 0 bridgehead atoms. The molecule has 6 heteroatoms. The van der Waals surface area contributed by atoms with Crippen LogP contribution in [0, 0.1) is 0 Å². The Kier molecular flexibility index (Phi) is 4.55. The van der Waals surface area contributed by atoms with Gasteiger partial charge in [-0.25, -0.2) is 9.97 Å². The molecule has 0 unspecified atom stereocenters. The molecular formula is C14H22N6. The quantitative estimate of drug-likeness (QED) is 0.843. The smallest absolute Gasteiger partial charge is 0.134 e. The molecule has 0 radical (unpaired) electrons. The minimum absolute atomic E-state index is 0.359. The first-order valence-corrected chi connectivity index (χ1v) is 6.87. The standard InChI is InChI=1S/C14H22N6/c1-10(2)12-13(15-3)17-9-18-14(12)16-7-5-11-6-8-19-20(11)4/h6,8-10H,5,7H2,1-4H3,(H2,15,16,17,18). The number of nitrogens with zero attached hydrogens (tertiary/aromatic N) is 4. The van der Waals surface area contributed by atoms with E-state index in [1.807, 2.05) is 31.0 Å². The van der Waals surface area contributed by atoms with E-state index >= 15 is 0 Å². The summed E-state index contributed by atoms with van der Waals surface area (Å²) >= 11 is 0. The minimum atomic E-state index is 0.359. The Hall–Kier alpha value is -2.11. The molecule has 0 amide bonds. The fraction of sp³-hybridized carbons (Fsp3) is 0.500. The van der Waals surface area contributed by atoms with Gasteiger partial charge in [-0.1, -0.05) is 13.8 Å². The van der Waals surface area contributed by atoms with E-state index in [0.29, 0.717) is 5.92 Å². The first-order chi connectivity index (χ1) is 9.63. The number of hydrogen-bond acceptors (Lipinski definition) is 5. The molecule has 6 nitrogen and oxygen atoms in total. The third kappa shape index (κ3) is 3.07. The van der Waals surface area contributed by atoms with E-state index in [4.69, 9.17) is 0 Å². The van der Waals surface area contributed by atoms with Gasteiger partial charge in [0, 0.05) is 44.5 Å². The van der Waals surface area contributed by atoms with Crippen LogP contribution in [0.5, 0.6) is 0 Å². The summed E-state index contributed by atoms with van der Waals surface area (Å²) in [5.74, 6) is 2.15. The first kappa shape index (κ1) is 14.3. The van der Waals surface area contributed by atoms with Gasteiger partial charge in [-0.05, 0) is 12.0 Å². The van der Waals surface area contributed by atoms with Crippen LogP contribution < -0.4 is 10.6 Å². The van der Waals surface area contributed by atoms with Crippen LogP contribution in [0.4, 0.5) is 11.6 Å². The Balaban J connectivity index is 2.07. The summed E-state index contributed by atoms with van der Waals surface area (Å²) in [6.07, 6.45) is 4.32. The maximum Gasteiger partial charge on any atom is 0.134 e. The van der Waals surface area contributed by atoms with Crippen LogP contribution in [-0.4, -0.2) is 33.3 Å². The maximum atomic E-state index is 4.37. The van der Waals surface area contributed by atoms with Crippen LogP contribution in [0.3, 0.4) is 0 Å². The van der Waals surface area contributed by atoms with Crippen molar-refractivity contribution in [3.05, 3.63) is 29.8 Å². The Morgan fingerprint density at radius 2 is 2.00 bits per heavy atom. The highest BCUT2D eigenvalue weighted by Crippen LogP contribution is 2.27. The maximum absolute atomic E-state index is 4.37. The third-order valence-electron chi connectivity index (χ3n) is 3.29. The largest absolute Gasteiger partial charge is 0.373 e. The summed E-state index contributed by atoms with van der Waals surface area (Å²) < 4.78 is 1.89. The molecule has 2 N–H and O–H groups in total. The zero-order valence-electron chi connectivity index (χ0n) is 12.5. The lowest BCUT2D eigenvalue weighted by atomic mass is 10.0. The van der Waals surface area contributed by atoms with Crippen molar-refractivity contribution in [2.75, 3.05) is 24.2 Å². The number of aromatic nitrogens is 4. The molecule has 0 spiro atoms. The Labute approximate surface area is 119 Å². The van der Waals surface area contributed by atoms with Crippen molar-refractivity contribution in [1.82, 2.24) is 19.7 Å². The van der Waals surface area contributed by atoms with Gasteiger partial charge in [0.1, 0.15) is 18.0 Å². The van der Waals surface area contributed by atoms with Crippen molar-refractivity contribution in [2.45, 2.75) is 26.2 Å². The van der Waals surface area contributed by atoms with Crippen LogP contribution in [0.25, 0.3) is 0 Å². The number of nitrogens with one attached hydrogen (secondary N) is 2. The van der Waals surface area contributed by atoms with Crippen molar-refractivity contribution >= 4 is 11.6 Å². The van der Waals surface area contributed by atoms with Crippen LogP contribution in [0.1, 0.15) is 31.0 Å². The van der Waals surface area contributed by atoms with Gasteiger partial charge >= 0.3 is 0 Å². The van der Waals surface area contributed by atoms with Gasteiger partial charge in [-0.3, -0.25) is 4.68 Å². The molecule has 0 aliphatic carbocycles. The van der Waals surface area contributed by atoms with Gasteiger partial charge < -0.3 is 10.6 Å². The summed E-state index contributed by atoms with van der Waals surface area (Å²) in [6, 6.07) is 2.03. The van der Waals surface area contributed by atoms with Gasteiger partial charge in [0.25, 0.3) is 0 Å². The van der Waals surface area contributed by atoms with Crippen molar-refractivity contribution < 1.29 is 0 Å². The molecule has 2 aromatic heterocycles. The molecule has 0 aliphatic heterocycles. The SMILES string of the molecule is CNc1ncnc(NCCc2ccnn2C)c1C(C)C. The summed E-state index contributed by atoms with van der Waals surface area (Å²) in [5.41, 5.74) is 2.33. The lowest BCUT2D eigenvalue weighted by molar-refractivity contribution is 0.710. The molecular weight excluding hydrogens is 252 g/mol. The average Bonchev–Trinajstić information content (AvgIpc) is 2.84. The number of aryl methyl sites for hydroxylation is 1. The fourth-order valence-electron chi connectivity index (χ4n) is 2.24. The predicted octanol–water partition coefficient (Wildman–Crippen LogP) is 2.03. The second kappa shape index (κ2) is 6.36. The molecule has 0 fully saturated rings. The Bertz CT molecular complexity index is 561. The van der Waals surface area contributed by atoms with Gasteiger partial charge in [-0.2, -0.15) is 5.10 Å². The summed E-state index contributed by atoms with van der Waals surface area (Å²) in [5, 5.41) is 10.7. The molecule has 0 atom stereocenters. The second-order valence-electron chi connectivity index (χ2n) is 5.01. The molecule has 0 saturated carbocycles. The summed E-state index contributed by atoms with van der Waals surface area (Å²) in [6.45, 7) is 5.11. The second-order valence-corrected chi connectivity index (χ2v) is 5.01. The molecule has 20 heavy (non-hydrogen) atoms. The van der Waals surface area contributed by atoms with Crippen molar-refractivity contribution in [1.29, 1.82) is 0 Å². The molecule has 0 saturated heterocycles. The third-order valence-corrected chi connectivity index (χ3v) is 3.29. The van der Waals surface area contributed by atoms with Crippen LogP contribution in [0.2, 0.25) is 0 Å². The number of anilines is 2. The van der Waals surface area contributed by atoms with Crippen molar-refractivity contribution in [3.8, 4) is 0 Å². The van der Waals surface area contributed by atoms with E-state index < -0.39 is 0 Å². The van der Waals surface area contributed by atoms with Gasteiger partial charge in [0.2, 0.25) is 0 Å². The highest BCUT2D eigenvalue weighted by molar-refractivity contribution is 5.58. The lowest BCUT2D eigenvalue weighted by Gasteiger charge is -2.16. The van der Waals surface area contributed by atoms with Crippen LogP contribution in [0.15, 0.2) is 18.6 Å². The van der Waals surface area contributed by atoms with E-state index in [1.54, 1.807) is 6.33 Å². The van der Waals surface area contributed by atoms with Gasteiger partial charge in [-0.15, -0.1) is 0 Å². The molecule has 0 aromatic carbocycles. The molecule has 2 heterocycles. The van der Waals surface area contributed by atoms with E-state index in [-0.39, 0.29) is 0 Å². The normalized spacial score (nSPS) is 10.8. The molecule has 2 rings (SSSR count). The lowest BCUT2D eigenvalue weighted by Crippen LogP contribution is -2.13. The van der Waals surface area contributed by atoms with Gasteiger partial charge in [0.05, 0.1) is 0 Å². The fourth-order valence-corrected chi connectivity index (χ4v) is 2.24. The monoisotopic (exact) mass is 274 g/mol. The predicted molar refractivity (Wildman–Crippen MR) is 81.1 cm³/mol. The van der Waals surface area contributed by atoms with E-state index in [0.717, 1.165) is 30.2 Å². The van der Waals surface area contributed by atoms with Gasteiger partial charge in [0.15, 0.2) is 0 Å². The van der Waals surface area contributed by atoms with Crippen molar-refractivity contribution in [2.24, 2.45) is 7.05 Å². The Morgan fingerprint density at radius 1 is 1.25 bits per heavy atom. The molecule has 2 aromatic rings. The summed E-state index contributed by atoms with van der Waals surface area (Å²) in [4.78, 5) is 8.64. The molecule has 108 valence electrons. The van der Waals surface area contributed by atoms with Crippen molar-refractivity contribution in [3.63, 3.8) is 0 Å². The first-order valence-electron chi connectivity index (χ1n) is 6.87. The highest BCUT2D eigenvalue weighted by Gasteiger charge is 2.13. The number of rotatable bonds is 6. The minimum Gasteiger partial charge on any atom is -0.373 e. The Morgan fingerprint density at radius 3 is 2.60 bits per heavy atom. The van der Waals surface area contributed by atoms with E-state index in [1.165, 1.54) is 5.69 Å². The van der Waals surface area contributed by atoms with E-state index in [9.17, 15) is 0 Å². The van der Waals surface area contributed by atoms with Crippen LogP contribution >= 0.6 is 0 Å². The highest BCUT2D eigenvalue weighted by atomic mass is 15.3. The van der Waals surface area contributed by atoms with Crippen LogP contribution in [-0.2, 0) is 13.5 Å². The molecule has 0 aliphatic rings. The summed E-state index contributed by atoms with van der Waals surface area (Å²) in [7, 11) is 3.84. The average molecular weight is 274 g/mol.